The molecule has 0 rings (SSSR count). The molecule has 0 radical (unpaired) electrons. The van der Waals surface area contributed by atoms with Crippen LogP contribution in [0.3, 0.4) is 0 Å². The molecule has 4 nitrogen and oxygen atoms in total. The maximum Gasteiger partial charge on any atom is 0.239 e. The Balaban J connectivity index is 0. The lowest BCUT2D eigenvalue weighted by atomic mass is 10.5. The second kappa shape index (κ2) is 8.94. The lowest BCUT2D eigenvalue weighted by molar-refractivity contribution is -0.124. The van der Waals surface area contributed by atoms with Gasteiger partial charge in [-0.1, -0.05) is 13.8 Å². The van der Waals surface area contributed by atoms with Crippen molar-refractivity contribution in [2.75, 3.05) is 13.6 Å². The Morgan fingerprint density at radius 3 is 2.00 bits per heavy atom. The number of hydrogen-bond acceptors (Lipinski definition) is 2. The molecule has 0 spiro atoms. The van der Waals surface area contributed by atoms with E-state index >= 15 is 0 Å². The van der Waals surface area contributed by atoms with Crippen LogP contribution in [-0.2, 0) is 9.59 Å². The molecule has 0 atom stereocenters. The zero-order valence-corrected chi connectivity index (χ0v) is 7.52. The van der Waals surface area contributed by atoms with E-state index in [1.165, 1.54) is 14.0 Å². The first-order chi connectivity index (χ1) is 5.16. The van der Waals surface area contributed by atoms with Gasteiger partial charge < -0.3 is 10.6 Å². The summed E-state index contributed by atoms with van der Waals surface area (Å²) < 4.78 is 0. The van der Waals surface area contributed by atoms with Crippen molar-refractivity contribution in [3.05, 3.63) is 0 Å². The van der Waals surface area contributed by atoms with Crippen LogP contribution >= 0.6 is 0 Å². The van der Waals surface area contributed by atoms with Crippen molar-refractivity contribution >= 4 is 11.8 Å². The molecule has 0 heterocycles. The SMILES string of the molecule is CC.CNC(=O)CNC(C)=O. The molecule has 0 saturated heterocycles. The molecule has 0 aromatic rings. The number of carbonyl (C=O) groups excluding carboxylic acids is 2. The summed E-state index contributed by atoms with van der Waals surface area (Å²) in [6.07, 6.45) is 0. The minimum atomic E-state index is -0.196. The van der Waals surface area contributed by atoms with Crippen molar-refractivity contribution in [3.8, 4) is 0 Å². The first-order valence-electron chi connectivity index (χ1n) is 3.62. The topological polar surface area (TPSA) is 58.2 Å². The Hall–Kier alpha value is -1.06. The van der Waals surface area contributed by atoms with E-state index in [2.05, 4.69) is 10.6 Å². The largest absolute Gasteiger partial charge is 0.358 e. The molecule has 4 heteroatoms. The van der Waals surface area contributed by atoms with Gasteiger partial charge in [-0.25, -0.2) is 0 Å². The summed E-state index contributed by atoms with van der Waals surface area (Å²) in [5.74, 6) is -0.385. The first-order valence-corrected chi connectivity index (χ1v) is 3.62. The molecule has 0 bridgehead atoms. The summed E-state index contributed by atoms with van der Waals surface area (Å²) in [5.41, 5.74) is 0. The molecule has 2 N–H and O–H groups in total. The highest BCUT2D eigenvalue weighted by atomic mass is 16.2. The molecule has 66 valence electrons. The summed E-state index contributed by atoms with van der Waals surface area (Å²) >= 11 is 0. The van der Waals surface area contributed by atoms with Crippen LogP contribution in [0.15, 0.2) is 0 Å². The fraction of sp³-hybridized carbons (Fsp3) is 0.714. The molecule has 0 aliphatic carbocycles. The van der Waals surface area contributed by atoms with E-state index in [4.69, 9.17) is 0 Å². The number of hydrogen-bond donors (Lipinski definition) is 2. The van der Waals surface area contributed by atoms with E-state index in [-0.39, 0.29) is 18.4 Å². The highest BCUT2D eigenvalue weighted by Gasteiger charge is 1.95. The van der Waals surface area contributed by atoms with Gasteiger partial charge in [0.25, 0.3) is 0 Å². The standard InChI is InChI=1S/C5H10N2O2.C2H6/c1-4(8)7-3-5(9)6-2;1-2/h3H2,1-2H3,(H,6,9)(H,7,8);1-2H3. The van der Waals surface area contributed by atoms with Gasteiger partial charge in [0, 0.05) is 14.0 Å². The Bertz CT molecular complexity index is 124. The van der Waals surface area contributed by atoms with Crippen molar-refractivity contribution in [1.82, 2.24) is 10.6 Å². The summed E-state index contributed by atoms with van der Waals surface area (Å²) in [5, 5.41) is 4.71. The van der Waals surface area contributed by atoms with Gasteiger partial charge >= 0.3 is 0 Å². The summed E-state index contributed by atoms with van der Waals surface area (Å²) in [4.78, 5) is 20.6. The minimum Gasteiger partial charge on any atom is -0.358 e. The molecule has 0 saturated carbocycles. The van der Waals surface area contributed by atoms with Crippen molar-refractivity contribution < 1.29 is 9.59 Å². The molecular weight excluding hydrogens is 144 g/mol. The number of nitrogens with one attached hydrogen (secondary N) is 2. The zero-order valence-electron chi connectivity index (χ0n) is 7.52. The summed E-state index contributed by atoms with van der Waals surface area (Å²) in [7, 11) is 1.52. The average Bonchev–Trinajstić information content (AvgIpc) is 2.04. The molecule has 0 unspecified atom stereocenters. The van der Waals surface area contributed by atoms with Gasteiger partial charge in [-0.15, -0.1) is 0 Å². The van der Waals surface area contributed by atoms with Gasteiger partial charge in [0.05, 0.1) is 6.54 Å². The number of likely N-dealkylation sites (N-methyl/N-ethyl adjacent to an activating group) is 1. The van der Waals surface area contributed by atoms with Gasteiger partial charge in [-0.3, -0.25) is 9.59 Å². The monoisotopic (exact) mass is 160 g/mol. The van der Waals surface area contributed by atoms with Crippen LogP contribution in [0.25, 0.3) is 0 Å². The lowest BCUT2D eigenvalue weighted by Crippen LogP contribution is -2.33. The number of rotatable bonds is 2. The van der Waals surface area contributed by atoms with Crippen LogP contribution in [0, 0.1) is 0 Å². The van der Waals surface area contributed by atoms with Gasteiger partial charge in [-0.2, -0.15) is 0 Å². The third-order valence-electron chi connectivity index (χ3n) is 0.777. The van der Waals surface area contributed by atoms with Crippen molar-refractivity contribution in [2.24, 2.45) is 0 Å². The minimum absolute atomic E-state index is 0.0613. The molecule has 0 aromatic carbocycles. The normalized spacial score (nSPS) is 7.27. The Morgan fingerprint density at radius 1 is 1.27 bits per heavy atom. The van der Waals surface area contributed by atoms with E-state index in [1.54, 1.807) is 0 Å². The van der Waals surface area contributed by atoms with Crippen LogP contribution < -0.4 is 10.6 Å². The van der Waals surface area contributed by atoms with Crippen LogP contribution in [-0.4, -0.2) is 25.4 Å². The van der Waals surface area contributed by atoms with E-state index in [9.17, 15) is 9.59 Å². The smallest absolute Gasteiger partial charge is 0.239 e. The molecule has 0 aliphatic heterocycles. The summed E-state index contributed by atoms with van der Waals surface area (Å²) in [6.45, 7) is 5.43. The molecule has 0 aliphatic rings. The number of carbonyl (C=O) groups is 2. The lowest BCUT2D eigenvalue weighted by Gasteiger charge is -1.98. The van der Waals surface area contributed by atoms with Gasteiger partial charge in [-0.05, 0) is 0 Å². The Kier molecular flexibility index (Phi) is 10.2. The van der Waals surface area contributed by atoms with E-state index < -0.39 is 0 Å². The average molecular weight is 160 g/mol. The molecule has 2 amide bonds. The van der Waals surface area contributed by atoms with Crippen LogP contribution in [0.1, 0.15) is 20.8 Å². The second-order valence-corrected chi connectivity index (χ2v) is 1.58. The van der Waals surface area contributed by atoms with Crippen LogP contribution in [0.2, 0.25) is 0 Å². The van der Waals surface area contributed by atoms with E-state index in [0.717, 1.165) is 0 Å². The highest BCUT2D eigenvalue weighted by molar-refractivity contribution is 5.83. The van der Waals surface area contributed by atoms with Gasteiger partial charge in [0.15, 0.2) is 0 Å². The molecular formula is C7H16N2O2. The van der Waals surface area contributed by atoms with Crippen LogP contribution in [0.5, 0.6) is 0 Å². The van der Waals surface area contributed by atoms with E-state index in [1.807, 2.05) is 13.8 Å². The predicted octanol–water partition coefficient (Wildman–Crippen LogP) is -0.105. The Morgan fingerprint density at radius 2 is 1.73 bits per heavy atom. The molecule has 0 aromatic heterocycles. The van der Waals surface area contributed by atoms with Crippen molar-refractivity contribution in [3.63, 3.8) is 0 Å². The maximum atomic E-state index is 10.4. The van der Waals surface area contributed by atoms with Crippen molar-refractivity contribution in [2.45, 2.75) is 20.8 Å². The fourth-order valence-corrected chi connectivity index (χ4v) is 0.293. The number of amides is 2. The Labute approximate surface area is 67.4 Å². The highest BCUT2D eigenvalue weighted by Crippen LogP contribution is 1.61. The maximum absolute atomic E-state index is 10.4. The summed E-state index contributed by atoms with van der Waals surface area (Å²) in [6, 6.07) is 0. The third kappa shape index (κ3) is 12.2. The van der Waals surface area contributed by atoms with Crippen molar-refractivity contribution in [1.29, 1.82) is 0 Å². The fourth-order valence-electron chi connectivity index (χ4n) is 0.293. The van der Waals surface area contributed by atoms with E-state index in [0.29, 0.717) is 0 Å². The molecule has 11 heavy (non-hydrogen) atoms. The predicted molar refractivity (Wildman–Crippen MR) is 44.1 cm³/mol. The zero-order chi connectivity index (χ0) is 9.28. The quantitative estimate of drug-likeness (QED) is 0.592. The molecule has 0 fully saturated rings. The third-order valence-corrected chi connectivity index (χ3v) is 0.777. The van der Waals surface area contributed by atoms with Crippen LogP contribution in [0.4, 0.5) is 0 Å². The second-order valence-electron chi connectivity index (χ2n) is 1.58. The van der Waals surface area contributed by atoms with Gasteiger partial charge in [0.1, 0.15) is 0 Å². The van der Waals surface area contributed by atoms with Gasteiger partial charge in [0.2, 0.25) is 11.8 Å². The first kappa shape index (κ1) is 12.6.